The Morgan fingerprint density at radius 2 is 2.00 bits per heavy atom. The molecule has 0 aliphatic carbocycles. The zero-order valence-corrected chi connectivity index (χ0v) is 10.7. The predicted octanol–water partition coefficient (Wildman–Crippen LogP) is 2.96. The maximum Gasteiger partial charge on any atom is 0.309 e. The molecule has 0 bridgehead atoms. The summed E-state index contributed by atoms with van der Waals surface area (Å²) in [6, 6.07) is 0. The molecule has 2 nitrogen and oxygen atoms in total. The van der Waals surface area contributed by atoms with Gasteiger partial charge in [-0.2, -0.15) is 11.8 Å². The van der Waals surface area contributed by atoms with Crippen LogP contribution in [0.3, 0.4) is 0 Å². The monoisotopic (exact) mass is 218 g/mol. The minimum Gasteiger partial charge on any atom is -0.466 e. The van der Waals surface area contributed by atoms with E-state index in [0.29, 0.717) is 6.61 Å². The number of thioether (sulfide) groups is 1. The van der Waals surface area contributed by atoms with Crippen molar-refractivity contribution in [3.63, 3.8) is 0 Å². The first-order valence-electron chi connectivity index (χ1n) is 5.09. The van der Waals surface area contributed by atoms with E-state index in [1.54, 1.807) is 11.8 Å². The normalized spacial score (nSPS) is 13.8. The molecule has 0 amide bonds. The Labute approximate surface area is 91.8 Å². The summed E-state index contributed by atoms with van der Waals surface area (Å²) >= 11 is 1.77. The average molecular weight is 218 g/mol. The van der Waals surface area contributed by atoms with E-state index >= 15 is 0 Å². The summed E-state index contributed by atoms with van der Waals surface area (Å²) in [5.41, 5.74) is 0.00197. The predicted molar refractivity (Wildman–Crippen MR) is 62.6 cm³/mol. The minimum absolute atomic E-state index is 0.00197. The van der Waals surface area contributed by atoms with E-state index in [1.807, 2.05) is 6.92 Å². The molecule has 0 aromatic rings. The van der Waals surface area contributed by atoms with Gasteiger partial charge in [0.25, 0.3) is 0 Å². The summed E-state index contributed by atoms with van der Waals surface area (Å²) in [7, 11) is 0. The highest BCUT2D eigenvalue weighted by Gasteiger charge is 2.31. The zero-order chi connectivity index (χ0) is 11.2. The number of esters is 1. The number of hydrogen-bond donors (Lipinski definition) is 0. The molecule has 3 heteroatoms. The van der Waals surface area contributed by atoms with E-state index in [0.717, 1.165) is 12.2 Å². The number of ether oxygens (including phenoxy) is 1. The summed E-state index contributed by atoms with van der Waals surface area (Å²) < 4.78 is 5.08. The molecule has 0 saturated carbocycles. The highest BCUT2D eigenvalue weighted by molar-refractivity contribution is 7.98. The van der Waals surface area contributed by atoms with E-state index in [4.69, 9.17) is 4.74 Å². The lowest BCUT2D eigenvalue weighted by Gasteiger charge is -2.28. The molecular formula is C11H22O2S. The Hall–Kier alpha value is -0.180. The molecule has 0 N–H and O–H groups in total. The lowest BCUT2D eigenvalue weighted by Crippen LogP contribution is -2.30. The summed E-state index contributed by atoms with van der Waals surface area (Å²) in [6.07, 6.45) is 2.97. The van der Waals surface area contributed by atoms with Gasteiger partial charge in [-0.25, -0.2) is 0 Å². The summed E-state index contributed by atoms with van der Waals surface area (Å²) in [5.74, 6) is 0.991. The van der Waals surface area contributed by atoms with Crippen LogP contribution in [0.1, 0.15) is 34.1 Å². The lowest BCUT2D eigenvalue weighted by atomic mass is 9.79. The molecule has 84 valence electrons. The Bertz CT molecular complexity index is 173. The van der Waals surface area contributed by atoms with Crippen LogP contribution in [-0.4, -0.2) is 24.6 Å². The van der Waals surface area contributed by atoms with Gasteiger partial charge in [0.2, 0.25) is 0 Å². The number of carbonyl (C=O) groups excluding carboxylic acids is 1. The molecule has 0 unspecified atom stereocenters. The third kappa shape index (κ3) is 4.89. The van der Waals surface area contributed by atoms with Crippen molar-refractivity contribution in [1.29, 1.82) is 0 Å². The van der Waals surface area contributed by atoms with Crippen LogP contribution in [0.25, 0.3) is 0 Å². The molecule has 0 spiro atoms. The molecular weight excluding hydrogens is 196 g/mol. The number of carbonyl (C=O) groups is 1. The fourth-order valence-corrected chi connectivity index (χ4v) is 1.85. The van der Waals surface area contributed by atoms with Gasteiger partial charge >= 0.3 is 5.97 Å². The van der Waals surface area contributed by atoms with Gasteiger partial charge in [0, 0.05) is 0 Å². The SMILES string of the molecule is CCOC(=O)[C@H](CCSC)C(C)(C)C. The van der Waals surface area contributed by atoms with Crippen molar-refractivity contribution in [3.8, 4) is 0 Å². The molecule has 0 radical (unpaired) electrons. The average Bonchev–Trinajstić information content (AvgIpc) is 2.03. The van der Waals surface area contributed by atoms with Crippen LogP contribution in [0.5, 0.6) is 0 Å². The summed E-state index contributed by atoms with van der Waals surface area (Å²) in [4.78, 5) is 11.7. The highest BCUT2D eigenvalue weighted by atomic mass is 32.2. The van der Waals surface area contributed by atoms with E-state index in [9.17, 15) is 4.79 Å². The van der Waals surface area contributed by atoms with Crippen LogP contribution in [0, 0.1) is 11.3 Å². The molecule has 0 aromatic heterocycles. The number of rotatable bonds is 5. The molecule has 0 rings (SSSR count). The van der Waals surface area contributed by atoms with Gasteiger partial charge in [-0.05, 0) is 30.8 Å². The second kappa shape index (κ2) is 6.33. The molecule has 1 atom stereocenters. The zero-order valence-electron chi connectivity index (χ0n) is 9.92. The Morgan fingerprint density at radius 1 is 1.43 bits per heavy atom. The molecule has 0 aliphatic heterocycles. The van der Waals surface area contributed by atoms with Gasteiger partial charge in [-0.3, -0.25) is 4.79 Å². The van der Waals surface area contributed by atoms with Crippen molar-refractivity contribution < 1.29 is 9.53 Å². The summed E-state index contributed by atoms with van der Waals surface area (Å²) in [6.45, 7) is 8.61. The maximum atomic E-state index is 11.7. The smallest absolute Gasteiger partial charge is 0.309 e. The molecule has 0 aromatic carbocycles. The van der Waals surface area contributed by atoms with Crippen LogP contribution in [0.15, 0.2) is 0 Å². The first kappa shape index (κ1) is 13.8. The quantitative estimate of drug-likeness (QED) is 0.664. The Kier molecular flexibility index (Phi) is 6.25. The van der Waals surface area contributed by atoms with E-state index < -0.39 is 0 Å². The Morgan fingerprint density at radius 3 is 2.36 bits per heavy atom. The largest absolute Gasteiger partial charge is 0.466 e. The van der Waals surface area contributed by atoms with Gasteiger partial charge < -0.3 is 4.74 Å². The molecule has 0 heterocycles. The van der Waals surface area contributed by atoms with Crippen molar-refractivity contribution in [2.75, 3.05) is 18.6 Å². The second-order valence-electron chi connectivity index (χ2n) is 4.45. The van der Waals surface area contributed by atoms with Gasteiger partial charge in [0.15, 0.2) is 0 Å². The van der Waals surface area contributed by atoms with Gasteiger partial charge in [-0.1, -0.05) is 20.8 Å². The first-order chi connectivity index (χ1) is 6.43. The summed E-state index contributed by atoms with van der Waals surface area (Å²) in [5, 5.41) is 0. The Balaban J connectivity index is 4.31. The highest BCUT2D eigenvalue weighted by Crippen LogP contribution is 2.30. The third-order valence-corrected chi connectivity index (χ3v) is 2.87. The van der Waals surface area contributed by atoms with Crippen molar-refractivity contribution in [2.24, 2.45) is 11.3 Å². The molecule has 0 saturated heterocycles. The van der Waals surface area contributed by atoms with Crippen molar-refractivity contribution >= 4 is 17.7 Å². The number of hydrogen-bond acceptors (Lipinski definition) is 3. The van der Waals surface area contributed by atoms with E-state index in [2.05, 4.69) is 27.0 Å². The van der Waals surface area contributed by atoms with Crippen LogP contribution in [-0.2, 0) is 9.53 Å². The van der Waals surface area contributed by atoms with Gasteiger partial charge in [0.1, 0.15) is 0 Å². The van der Waals surface area contributed by atoms with Crippen LogP contribution < -0.4 is 0 Å². The van der Waals surface area contributed by atoms with Crippen LogP contribution >= 0.6 is 11.8 Å². The lowest BCUT2D eigenvalue weighted by molar-refractivity contribution is -0.151. The topological polar surface area (TPSA) is 26.3 Å². The fourth-order valence-electron chi connectivity index (χ4n) is 1.38. The van der Waals surface area contributed by atoms with Gasteiger partial charge in [0.05, 0.1) is 12.5 Å². The van der Waals surface area contributed by atoms with Gasteiger partial charge in [-0.15, -0.1) is 0 Å². The minimum atomic E-state index is -0.0472. The first-order valence-corrected chi connectivity index (χ1v) is 6.48. The van der Waals surface area contributed by atoms with Crippen molar-refractivity contribution in [3.05, 3.63) is 0 Å². The second-order valence-corrected chi connectivity index (χ2v) is 5.44. The van der Waals surface area contributed by atoms with Crippen LogP contribution in [0.4, 0.5) is 0 Å². The van der Waals surface area contributed by atoms with Crippen LogP contribution in [0.2, 0.25) is 0 Å². The maximum absolute atomic E-state index is 11.7. The van der Waals surface area contributed by atoms with Crippen molar-refractivity contribution in [2.45, 2.75) is 34.1 Å². The third-order valence-electron chi connectivity index (χ3n) is 2.23. The van der Waals surface area contributed by atoms with E-state index in [-0.39, 0.29) is 17.3 Å². The standard InChI is InChI=1S/C11H22O2S/c1-6-13-10(12)9(7-8-14-5)11(2,3)4/h9H,6-8H2,1-5H3/t9-/m0/s1. The molecule has 0 fully saturated rings. The van der Waals surface area contributed by atoms with Crippen molar-refractivity contribution in [1.82, 2.24) is 0 Å². The fraction of sp³-hybridized carbons (Fsp3) is 0.909. The molecule has 0 aliphatic rings. The molecule has 14 heavy (non-hydrogen) atoms. The van der Waals surface area contributed by atoms with E-state index in [1.165, 1.54) is 0 Å².